The van der Waals surface area contributed by atoms with Gasteiger partial charge < -0.3 is 16.3 Å². The van der Waals surface area contributed by atoms with Crippen LogP contribution < -0.4 is 11.1 Å². The highest BCUT2D eigenvalue weighted by Gasteiger charge is 2.07. The van der Waals surface area contributed by atoms with Gasteiger partial charge >= 0.3 is 0 Å². The van der Waals surface area contributed by atoms with Crippen molar-refractivity contribution < 1.29 is 9.60 Å². The van der Waals surface area contributed by atoms with E-state index in [0.29, 0.717) is 25.1 Å². The Hall–Kier alpha value is -1.20. The van der Waals surface area contributed by atoms with Gasteiger partial charge in [-0.05, 0) is 18.6 Å². The van der Waals surface area contributed by atoms with Gasteiger partial charge in [0.05, 0.1) is 10.0 Å². The fourth-order valence-corrected chi connectivity index (χ4v) is 1.70. The van der Waals surface area contributed by atoms with Crippen molar-refractivity contribution in [3.63, 3.8) is 0 Å². The molecule has 4 N–H and O–H groups in total. The molecule has 0 saturated heterocycles. The van der Waals surface area contributed by atoms with Crippen molar-refractivity contribution >= 4 is 34.7 Å². The van der Waals surface area contributed by atoms with E-state index in [-0.39, 0.29) is 15.9 Å². The minimum atomic E-state index is -0.629. The molecule has 0 saturated carbocycles. The van der Waals surface area contributed by atoms with Crippen LogP contribution in [0.25, 0.3) is 0 Å². The summed E-state index contributed by atoms with van der Waals surface area (Å²) < 4.78 is 13.1. The Morgan fingerprint density at radius 1 is 1.41 bits per heavy atom. The molecular formula is C10H12Cl2FN3O. The number of anilines is 1. The Morgan fingerprint density at radius 3 is 2.53 bits per heavy atom. The Morgan fingerprint density at radius 2 is 2.00 bits per heavy atom. The Labute approximate surface area is 108 Å². The molecule has 0 heterocycles. The number of halogens is 3. The zero-order chi connectivity index (χ0) is 12.8. The minimum absolute atomic E-state index is 0.0311. The highest BCUT2D eigenvalue weighted by atomic mass is 35.5. The lowest BCUT2D eigenvalue weighted by molar-refractivity contribution is 0.316. The van der Waals surface area contributed by atoms with Gasteiger partial charge in [-0.25, -0.2) is 4.39 Å². The normalized spacial score (nSPS) is 11.6. The van der Waals surface area contributed by atoms with E-state index < -0.39 is 5.82 Å². The van der Waals surface area contributed by atoms with Crippen LogP contribution in [0.5, 0.6) is 0 Å². The summed E-state index contributed by atoms with van der Waals surface area (Å²) in [7, 11) is 0. The maximum atomic E-state index is 13.1. The lowest BCUT2D eigenvalue weighted by atomic mass is 10.2. The van der Waals surface area contributed by atoms with Crippen molar-refractivity contribution in [2.24, 2.45) is 10.9 Å². The molecule has 1 rings (SSSR count). The molecule has 0 atom stereocenters. The van der Waals surface area contributed by atoms with Gasteiger partial charge in [-0.15, -0.1) is 0 Å². The number of benzene rings is 1. The molecule has 0 spiro atoms. The van der Waals surface area contributed by atoms with Crippen LogP contribution in [0.3, 0.4) is 0 Å². The molecule has 0 aliphatic rings. The van der Waals surface area contributed by atoms with Crippen LogP contribution in [0.4, 0.5) is 10.1 Å². The molecule has 17 heavy (non-hydrogen) atoms. The molecule has 1 aromatic rings. The van der Waals surface area contributed by atoms with Crippen molar-refractivity contribution in [2.45, 2.75) is 12.8 Å². The minimum Gasteiger partial charge on any atom is -0.409 e. The number of rotatable bonds is 5. The Bertz CT molecular complexity index is 403. The Kier molecular flexibility index (Phi) is 5.31. The molecule has 4 nitrogen and oxygen atoms in total. The van der Waals surface area contributed by atoms with Gasteiger partial charge in [0.1, 0.15) is 5.84 Å². The topological polar surface area (TPSA) is 70.6 Å². The number of nitrogens with one attached hydrogen (secondary N) is 1. The van der Waals surface area contributed by atoms with Gasteiger partial charge in [-0.2, -0.15) is 0 Å². The SMILES string of the molecule is N/C(CCCNc1cc(Cl)c(F)c(Cl)c1)=N/O. The predicted octanol–water partition coefficient (Wildman–Crippen LogP) is 3.07. The molecule has 0 fully saturated rings. The highest BCUT2D eigenvalue weighted by molar-refractivity contribution is 6.35. The van der Waals surface area contributed by atoms with Crippen LogP contribution in [0.1, 0.15) is 12.8 Å². The third kappa shape index (κ3) is 4.28. The molecule has 94 valence electrons. The van der Waals surface area contributed by atoms with Crippen LogP contribution in [0.15, 0.2) is 17.3 Å². The fourth-order valence-electron chi connectivity index (χ4n) is 1.21. The summed E-state index contributed by atoms with van der Waals surface area (Å²) >= 11 is 11.3. The Balaban J connectivity index is 2.48. The van der Waals surface area contributed by atoms with E-state index in [2.05, 4.69) is 10.5 Å². The average molecular weight is 280 g/mol. The third-order valence-electron chi connectivity index (χ3n) is 2.05. The van der Waals surface area contributed by atoms with Gasteiger partial charge in [0, 0.05) is 18.7 Å². The standard InChI is InChI=1S/C10H12Cl2FN3O/c11-7-4-6(5-8(12)10(7)13)15-3-1-2-9(14)16-17/h4-5,15,17H,1-3H2,(H2,14,16). The zero-order valence-corrected chi connectivity index (χ0v) is 10.4. The number of amidine groups is 1. The molecule has 0 radical (unpaired) electrons. The molecule has 0 bridgehead atoms. The monoisotopic (exact) mass is 279 g/mol. The van der Waals surface area contributed by atoms with Gasteiger partial charge in [-0.1, -0.05) is 28.4 Å². The van der Waals surface area contributed by atoms with Gasteiger partial charge in [0.25, 0.3) is 0 Å². The first-order chi connectivity index (χ1) is 8.04. The first-order valence-corrected chi connectivity index (χ1v) is 5.65. The van der Waals surface area contributed by atoms with Crippen LogP contribution in [0, 0.1) is 5.82 Å². The van der Waals surface area contributed by atoms with Crippen LogP contribution in [-0.2, 0) is 0 Å². The van der Waals surface area contributed by atoms with Crippen molar-refractivity contribution in [1.82, 2.24) is 0 Å². The molecule has 0 amide bonds. The van der Waals surface area contributed by atoms with Crippen molar-refractivity contribution in [3.8, 4) is 0 Å². The zero-order valence-electron chi connectivity index (χ0n) is 8.88. The van der Waals surface area contributed by atoms with E-state index in [0.717, 1.165) is 0 Å². The first kappa shape index (κ1) is 13.9. The summed E-state index contributed by atoms with van der Waals surface area (Å²) in [5, 5.41) is 14.1. The molecule has 0 aromatic heterocycles. The van der Waals surface area contributed by atoms with E-state index in [9.17, 15) is 4.39 Å². The maximum Gasteiger partial charge on any atom is 0.160 e. The summed E-state index contributed by atoms with van der Waals surface area (Å²) in [4.78, 5) is 0. The molecule has 1 aromatic carbocycles. The first-order valence-electron chi connectivity index (χ1n) is 4.89. The van der Waals surface area contributed by atoms with Gasteiger partial charge in [-0.3, -0.25) is 0 Å². The third-order valence-corrected chi connectivity index (χ3v) is 2.60. The molecule has 0 unspecified atom stereocenters. The second kappa shape index (κ2) is 6.51. The van der Waals surface area contributed by atoms with E-state index in [1.165, 1.54) is 12.1 Å². The number of oxime groups is 1. The van der Waals surface area contributed by atoms with E-state index in [1.54, 1.807) is 0 Å². The van der Waals surface area contributed by atoms with E-state index >= 15 is 0 Å². The van der Waals surface area contributed by atoms with Crippen LogP contribution >= 0.6 is 23.2 Å². The average Bonchev–Trinajstić information content (AvgIpc) is 2.31. The van der Waals surface area contributed by atoms with Crippen LogP contribution in [0.2, 0.25) is 10.0 Å². The number of hydrogen-bond acceptors (Lipinski definition) is 3. The molecule has 0 aliphatic heterocycles. The van der Waals surface area contributed by atoms with E-state index in [4.69, 9.17) is 34.1 Å². The number of hydrogen-bond donors (Lipinski definition) is 3. The predicted molar refractivity (Wildman–Crippen MR) is 67.6 cm³/mol. The number of nitrogens with zero attached hydrogens (tertiary/aromatic N) is 1. The van der Waals surface area contributed by atoms with Crippen molar-refractivity contribution in [3.05, 3.63) is 28.0 Å². The summed E-state index contributed by atoms with van der Waals surface area (Å²) in [6.07, 6.45) is 1.13. The second-order valence-electron chi connectivity index (χ2n) is 3.38. The largest absolute Gasteiger partial charge is 0.409 e. The van der Waals surface area contributed by atoms with Gasteiger partial charge in [0.15, 0.2) is 5.82 Å². The second-order valence-corrected chi connectivity index (χ2v) is 4.19. The summed E-state index contributed by atoms with van der Waals surface area (Å²) in [6, 6.07) is 2.90. The maximum absolute atomic E-state index is 13.1. The van der Waals surface area contributed by atoms with Crippen LogP contribution in [-0.4, -0.2) is 17.6 Å². The lowest BCUT2D eigenvalue weighted by Crippen LogP contribution is -2.13. The molecular weight excluding hydrogens is 268 g/mol. The van der Waals surface area contributed by atoms with Crippen molar-refractivity contribution in [2.75, 3.05) is 11.9 Å². The lowest BCUT2D eigenvalue weighted by Gasteiger charge is -2.07. The molecule has 0 aliphatic carbocycles. The summed E-state index contributed by atoms with van der Waals surface area (Å²) in [5.74, 6) is -0.461. The smallest absolute Gasteiger partial charge is 0.160 e. The summed E-state index contributed by atoms with van der Waals surface area (Å²) in [5.41, 5.74) is 5.93. The van der Waals surface area contributed by atoms with Crippen molar-refractivity contribution in [1.29, 1.82) is 0 Å². The number of nitrogens with two attached hydrogens (primary N) is 1. The quantitative estimate of drug-likeness (QED) is 0.194. The fraction of sp³-hybridized carbons (Fsp3) is 0.300. The summed E-state index contributed by atoms with van der Waals surface area (Å²) in [6.45, 7) is 0.578. The molecule has 7 heteroatoms. The van der Waals surface area contributed by atoms with Gasteiger partial charge in [0.2, 0.25) is 0 Å². The highest BCUT2D eigenvalue weighted by Crippen LogP contribution is 2.27. The van der Waals surface area contributed by atoms with E-state index in [1.807, 2.05) is 0 Å².